The molecule has 4 nitrogen and oxygen atoms in total. The number of allylic oxidation sites excluding steroid dienone is 2. The Hall–Kier alpha value is -1.13. The highest BCUT2D eigenvalue weighted by Crippen LogP contribution is 2.44. The molecule has 0 aromatic carbocycles. The van der Waals surface area contributed by atoms with Gasteiger partial charge in [0.25, 0.3) is 0 Å². The van der Waals surface area contributed by atoms with Crippen LogP contribution in [0.1, 0.15) is 59.3 Å². The summed E-state index contributed by atoms with van der Waals surface area (Å²) in [6, 6.07) is 0. The summed E-state index contributed by atoms with van der Waals surface area (Å²) in [6.45, 7) is 10.1. The minimum atomic E-state index is -0.912. The van der Waals surface area contributed by atoms with Crippen molar-refractivity contribution in [3.63, 3.8) is 0 Å². The molecule has 0 aromatic heterocycles. The van der Waals surface area contributed by atoms with Crippen molar-refractivity contribution in [2.24, 2.45) is 11.8 Å². The van der Waals surface area contributed by atoms with Gasteiger partial charge in [-0.2, -0.15) is 0 Å². The van der Waals surface area contributed by atoms with Gasteiger partial charge < -0.3 is 14.6 Å². The molecular formula is C20H30O4. The van der Waals surface area contributed by atoms with E-state index in [1.807, 2.05) is 6.92 Å². The van der Waals surface area contributed by atoms with Crippen LogP contribution in [0.3, 0.4) is 0 Å². The zero-order valence-electron chi connectivity index (χ0n) is 15.1. The lowest BCUT2D eigenvalue weighted by Gasteiger charge is -2.45. The van der Waals surface area contributed by atoms with Gasteiger partial charge in [-0.3, -0.25) is 0 Å². The molecule has 2 fully saturated rings. The van der Waals surface area contributed by atoms with Crippen LogP contribution in [0.5, 0.6) is 0 Å². The molecule has 0 aromatic rings. The Morgan fingerprint density at radius 1 is 1.38 bits per heavy atom. The van der Waals surface area contributed by atoms with Gasteiger partial charge in [0.1, 0.15) is 6.10 Å². The molecule has 4 heteroatoms. The van der Waals surface area contributed by atoms with Crippen molar-refractivity contribution in [1.29, 1.82) is 0 Å². The number of fused-ring (bicyclic) bond motifs is 4. The number of rotatable bonds is 0. The maximum atomic E-state index is 12.0. The van der Waals surface area contributed by atoms with E-state index in [-0.39, 0.29) is 36.1 Å². The standard InChI is InChI=1S/C20H30O4/c1-12-7-5-9-13(2)17-18-15(14(3)19(21)24-18)11-16(23-17)20(4,22)10-6-8-12/h8,13,15-18,22H,3,5-7,9-11H2,1-2,4H3/b12-8-/t13-,15-,16-,17+,18-,20+/m0/s1. The molecular weight excluding hydrogens is 304 g/mol. The summed E-state index contributed by atoms with van der Waals surface area (Å²) in [7, 11) is 0. The van der Waals surface area contributed by atoms with Crippen LogP contribution in [0.4, 0.5) is 0 Å². The number of carbonyl (C=O) groups excluding carboxylic acids is 1. The molecule has 3 heterocycles. The Morgan fingerprint density at radius 2 is 2.12 bits per heavy atom. The van der Waals surface area contributed by atoms with Crippen molar-refractivity contribution < 1.29 is 19.4 Å². The summed E-state index contributed by atoms with van der Waals surface area (Å²) in [4.78, 5) is 12.0. The Kier molecular flexibility index (Phi) is 4.89. The predicted octanol–water partition coefficient (Wildman–Crippen LogP) is 3.54. The third kappa shape index (κ3) is 3.31. The SMILES string of the molecule is C=C1C(=O)O[C@@H]2[C@@H]3O[C@@H](C[C@@H]12)[C@](C)(O)CC/C=C(/C)CCC[C@@H]3C. The molecule has 2 bridgehead atoms. The molecule has 6 atom stereocenters. The van der Waals surface area contributed by atoms with Gasteiger partial charge in [-0.05, 0) is 58.3 Å². The minimum absolute atomic E-state index is 0.0320. The van der Waals surface area contributed by atoms with Crippen molar-refractivity contribution in [2.75, 3.05) is 0 Å². The Balaban J connectivity index is 1.90. The number of esters is 1. The lowest BCUT2D eigenvalue weighted by molar-refractivity contribution is -0.208. The van der Waals surface area contributed by atoms with Gasteiger partial charge >= 0.3 is 5.97 Å². The Morgan fingerprint density at radius 3 is 2.88 bits per heavy atom. The highest BCUT2D eigenvalue weighted by atomic mass is 16.6. The van der Waals surface area contributed by atoms with E-state index in [1.165, 1.54) is 5.57 Å². The molecule has 3 rings (SSSR count). The molecule has 0 aliphatic carbocycles. The van der Waals surface area contributed by atoms with Gasteiger partial charge in [0, 0.05) is 11.5 Å². The first-order valence-corrected chi connectivity index (χ1v) is 9.23. The molecule has 0 radical (unpaired) electrons. The first-order chi connectivity index (χ1) is 11.3. The van der Waals surface area contributed by atoms with E-state index in [0.717, 1.165) is 25.7 Å². The highest BCUT2D eigenvalue weighted by molar-refractivity contribution is 5.90. The van der Waals surface area contributed by atoms with Crippen molar-refractivity contribution >= 4 is 5.97 Å². The quantitative estimate of drug-likeness (QED) is 0.418. The summed E-state index contributed by atoms with van der Waals surface area (Å²) in [5, 5.41) is 11.0. The van der Waals surface area contributed by atoms with Crippen LogP contribution in [-0.4, -0.2) is 35.0 Å². The average Bonchev–Trinajstić information content (AvgIpc) is 2.80. The fourth-order valence-electron chi connectivity index (χ4n) is 4.36. The summed E-state index contributed by atoms with van der Waals surface area (Å²) in [5.41, 5.74) is 1.03. The monoisotopic (exact) mass is 334 g/mol. The van der Waals surface area contributed by atoms with Crippen LogP contribution in [0.2, 0.25) is 0 Å². The van der Waals surface area contributed by atoms with Crippen LogP contribution < -0.4 is 0 Å². The van der Waals surface area contributed by atoms with Crippen LogP contribution in [-0.2, 0) is 14.3 Å². The number of hydrogen-bond donors (Lipinski definition) is 1. The molecule has 0 unspecified atom stereocenters. The topological polar surface area (TPSA) is 55.8 Å². The summed E-state index contributed by atoms with van der Waals surface area (Å²) in [6.07, 6.45) is 6.87. The molecule has 0 spiro atoms. The second-order valence-electron chi connectivity index (χ2n) is 8.14. The van der Waals surface area contributed by atoms with E-state index in [4.69, 9.17) is 9.47 Å². The lowest BCUT2D eigenvalue weighted by atomic mass is 9.76. The van der Waals surface area contributed by atoms with E-state index >= 15 is 0 Å². The molecule has 3 aliphatic heterocycles. The third-order valence-corrected chi connectivity index (χ3v) is 6.09. The fourth-order valence-corrected chi connectivity index (χ4v) is 4.36. The van der Waals surface area contributed by atoms with Crippen LogP contribution in [0, 0.1) is 11.8 Å². The van der Waals surface area contributed by atoms with Crippen LogP contribution in [0.15, 0.2) is 23.8 Å². The van der Waals surface area contributed by atoms with Crippen molar-refractivity contribution in [1.82, 2.24) is 0 Å². The third-order valence-electron chi connectivity index (χ3n) is 6.09. The van der Waals surface area contributed by atoms with Crippen LogP contribution in [0.25, 0.3) is 0 Å². The number of aliphatic hydroxyl groups is 1. The van der Waals surface area contributed by atoms with Crippen LogP contribution >= 0.6 is 0 Å². The summed E-state index contributed by atoms with van der Waals surface area (Å²) in [5.74, 6) is -0.0506. The van der Waals surface area contributed by atoms with Crippen molar-refractivity contribution in [3.05, 3.63) is 23.8 Å². The lowest BCUT2D eigenvalue weighted by Crippen LogP contribution is -2.54. The van der Waals surface area contributed by atoms with Gasteiger partial charge in [-0.1, -0.05) is 25.2 Å². The smallest absolute Gasteiger partial charge is 0.334 e. The molecule has 2 saturated heterocycles. The van der Waals surface area contributed by atoms with Crippen molar-refractivity contribution in [2.45, 2.75) is 83.2 Å². The Bertz CT molecular complexity index is 548. The van der Waals surface area contributed by atoms with Crippen molar-refractivity contribution in [3.8, 4) is 0 Å². The molecule has 24 heavy (non-hydrogen) atoms. The van der Waals surface area contributed by atoms with E-state index in [0.29, 0.717) is 18.4 Å². The molecule has 1 N–H and O–H groups in total. The van der Waals surface area contributed by atoms with E-state index in [2.05, 4.69) is 26.5 Å². The zero-order valence-corrected chi connectivity index (χ0v) is 15.1. The minimum Gasteiger partial charge on any atom is -0.456 e. The Labute approximate surface area is 144 Å². The van der Waals surface area contributed by atoms with Gasteiger partial charge in [0.15, 0.2) is 0 Å². The maximum Gasteiger partial charge on any atom is 0.334 e. The highest BCUT2D eigenvalue weighted by Gasteiger charge is 2.53. The van der Waals surface area contributed by atoms with Gasteiger partial charge in [-0.25, -0.2) is 4.79 Å². The summed E-state index contributed by atoms with van der Waals surface area (Å²) >= 11 is 0. The molecule has 0 saturated carbocycles. The first kappa shape index (κ1) is 17.7. The van der Waals surface area contributed by atoms with Gasteiger partial charge in [0.2, 0.25) is 0 Å². The first-order valence-electron chi connectivity index (χ1n) is 9.23. The second-order valence-corrected chi connectivity index (χ2v) is 8.14. The fraction of sp³-hybridized carbons (Fsp3) is 0.750. The normalized spacial score (nSPS) is 46.2. The predicted molar refractivity (Wildman–Crippen MR) is 92.4 cm³/mol. The molecule has 0 amide bonds. The van der Waals surface area contributed by atoms with Gasteiger partial charge in [-0.15, -0.1) is 0 Å². The van der Waals surface area contributed by atoms with E-state index < -0.39 is 5.60 Å². The zero-order chi connectivity index (χ0) is 17.5. The summed E-state index contributed by atoms with van der Waals surface area (Å²) < 4.78 is 11.9. The largest absolute Gasteiger partial charge is 0.456 e. The molecule has 3 aliphatic rings. The van der Waals surface area contributed by atoms with Gasteiger partial charge in [0.05, 0.1) is 17.8 Å². The van der Waals surface area contributed by atoms with E-state index in [9.17, 15) is 9.90 Å². The molecule has 134 valence electrons. The number of hydrogen-bond acceptors (Lipinski definition) is 4. The van der Waals surface area contributed by atoms with E-state index in [1.54, 1.807) is 0 Å². The number of carbonyl (C=O) groups is 1. The average molecular weight is 334 g/mol. The second kappa shape index (κ2) is 6.64. The maximum absolute atomic E-state index is 12.0. The number of ether oxygens (including phenoxy) is 2.